The fraction of sp³-hybridized carbons (Fsp3) is 0.0196. The zero-order valence-corrected chi connectivity index (χ0v) is 30.6. The van der Waals surface area contributed by atoms with E-state index in [4.69, 9.17) is 18.8 Å². The van der Waals surface area contributed by atoms with Gasteiger partial charge in [-0.05, 0) is 65.7 Å². The summed E-state index contributed by atoms with van der Waals surface area (Å²) in [6, 6.07) is 63.2. The molecule has 0 saturated heterocycles. The van der Waals surface area contributed by atoms with Gasteiger partial charge in [0.25, 0.3) is 0 Å². The molecule has 8 aromatic carbocycles. The van der Waals surface area contributed by atoms with Crippen molar-refractivity contribution in [2.45, 2.75) is 6.17 Å². The quantitative estimate of drug-likeness (QED) is 0.192. The van der Waals surface area contributed by atoms with Crippen LogP contribution in [0.2, 0.25) is 0 Å². The van der Waals surface area contributed by atoms with Gasteiger partial charge in [0.15, 0.2) is 5.84 Å². The van der Waals surface area contributed by atoms with Crippen LogP contribution in [-0.2, 0) is 0 Å². The average molecular weight is 733 g/mol. The zero-order valence-electron chi connectivity index (χ0n) is 30.6. The second kappa shape index (κ2) is 12.4. The van der Waals surface area contributed by atoms with E-state index in [0.717, 1.165) is 83.2 Å². The highest BCUT2D eigenvalue weighted by molar-refractivity contribution is 6.15. The lowest BCUT2D eigenvalue weighted by Crippen LogP contribution is -2.33. The third-order valence-corrected chi connectivity index (χ3v) is 11.3. The van der Waals surface area contributed by atoms with Crippen molar-refractivity contribution in [3.8, 4) is 16.8 Å². The van der Waals surface area contributed by atoms with E-state index in [2.05, 4.69) is 143 Å². The van der Waals surface area contributed by atoms with Gasteiger partial charge in [0.2, 0.25) is 0 Å². The molecule has 1 unspecified atom stereocenters. The van der Waals surface area contributed by atoms with Gasteiger partial charge in [0.05, 0.1) is 11.0 Å². The molecule has 1 atom stereocenters. The van der Waals surface area contributed by atoms with E-state index in [-0.39, 0.29) is 6.17 Å². The van der Waals surface area contributed by atoms with Gasteiger partial charge in [-0.25, -0.2) is 9.98 Å². The van der Waals surface area contributed by atoms with Crippen LogP contribution in [0.3, 0.4) is 0 Å². The van der Waals surface area contributed by atoms with E-state index in [1.54, 1.807) is 0 Å². The molecule has 0 bridgehead atoms. The van der Waals surface area contributed by atoms with Gasteiger partial charge in [-0.1, -0.05) is 121 Å². The van der Waals surface area contributed by atoms with Crippen molar-refractivity contribution in [2.75, 3.05) is 0 Å². The second-order valence-electron chi connectivity index (χ2n) is 14.6. The molecule has 0 saturated carbocycles. The van der Waals surface area contributed by atoms with Crippen LogP contribution in [-0.4, -0.2) is 16.2 Å². The molecule has 1 aliphatic rings. The zero-order chi connectivity index (χ0) is 37.5. The summed E-state index contributed by atoms with van der Waals surface area (Å²) in [6.45, 7) is 0. The highest BCUT2D eigenvalue weighted by atomic mass is 16.3. The van der Waals surface area contributed by atoms with E-state index in [1.807, 2.05) is 48.5 Å². The topological polar surface area (TPSA) is 68.0 Å². The highest BCUT2D eigenvalue weighted by Crippen LogP contribution is 2.40. The number of aliphatic imine (C=N–C) groups is 2. The van der Waals surface area contributed by atoms with Gasteiger partial charge in [-0.3, -0.25) is 0 Å². The van der Waals surface area contributed by atoms with Gasteiger partial charge in [0.1, 0.15) is 34.3 Å². The minimum absolute atomic E-state index is 0.389. The maximum Gasteiger partial charge on any atom is 0.159 e. The first-order valence-electron chi connectivity index (χ1n) is 19.2. The van der Waals surface area contributed by atoms with E-state index in [1.165, 1.54) is 21.8 Å². The predicted molar refractivity (Wildman–Crippen MR) is 233 cm³/mol. The van der Waals surface area contributed by atoms with Crippen LogP contribution >= 0.6 is 0 Å². The van der Waals surface area contributed by atoms with Crippen molar-refractivity contribution in [3.05, 3.63) is 199 Å². The Balaban J connectivity index is 0.958. The van der Waals surface area contributed by atoms with Crippen LogP contribution in [0.1, 0.15) is 22.9 Å². The fourth-order valence-corrected chi connectivity index (χ4v) is 8.62. The molecule has 6 nitrogen and oxygen atoms in total. The third kappa shape index (κ3) is 5.04. The number of fused-ring (bicyclic) bond motifs is 9. The van der Waals surface area contributed by atoms with Crippen LogP contribution in [0.15, 0.2) is 201 Å². The first kappa shape index (κ1) is 31.6. The number of furan rings is 2. The first-order chi connectivity index (χ1) is 28.2. The normalized spacial score (nSPS) is 14.5. The summed E-state index contributed by atoms with van der Waals surface area (Å²) in [6.07, 6.45) is -0.389. The SMILES string of the molecule is c1ccc(C2=NC(c3cccc4oc5ccc(-c6ccc7c(c6)oc6cc(-n8c9ccccc9c9ccccc98)ccc67)cc5c34)NC(c3ccccc3)=N2)cc1. The van der Waals surface area contributed by atoms with Crippen molar-refractivity contribution < 1.29 is 8.83 Å². The molecule has 4 heterocycles. The van der Waals surface area contributed by atoms with E-state index in [0.29, 0.717) is 5.84 Å². The molecule has 1 aliphatic heterocycles. The summed E-state index contributed by atoms with van der Waals surface area (Å²) < 4.78 is 15.4. The Hall–Kier alpha value is -7.70. The second-order valence-corrected chi connectivity index (χ2v) is 14.6. The summed E-state index contributed by atoms with van der Waals surface area (Å²) in [5.74, 6) is 1.46. The Morgan fingerprint density at radius 2 is 1.07 bits per heavy atom. The molecule has 0 amide bonds. The third-order valence-electron chi connectivity index (χ3n) is 11.3. The minimum Gasteiger partial charge on any atom is -0.456 e. The average Bonchev–Trinajstić information content (AvgIpc) is 3.95. The molecule has 0 radical (unpaired) electrons. The molecule has 1 N–H and O–H groups in total. The molecule has 268 valence electrons. The van der Waals surface area contributed by atoms with E-state index < -0.39 is 0 Å². The lowest BCUT2D eigenvalue weighted by atomic mass is 9.98. The lowest BCUT2D eigenvalue weighted by molar-refractivity contribution is 0.662. The number of para-hydroxylation sites is 2. The number of nitrogens with zero attached hydrogens (tertiary/aromatic N) is 3. The molecular formula is C51H32N4O2. The van der Waals surface area contributed by atoms with E-state index in [9.17, 15) is 0 Å². The number of benzene rings is 8. The first-order valence-corrected chi connectivity index (χ1v) is 19.2. The van der Waals surface area contributed by atoms with Gasteiger partial charge < -0.3 is 18.7 Å². The number of hydrogen-bond acceptors (Lipinski definition) is 5. The summed E-state index contributed by atoms with van der Waals surface area (Å²) >= 11 is 0. The lowest BCUT2D eigenvalue weighted by Gasteiger charge is -2.24. The molecule has 0 aliphatic carbocycles. The Bertz CT molecular complexity index is 3390. The van der Waals surface area contributed by atoms with Crippen molar-refractivity contribution in [2.24, 2.45) is 9.98 Å². The summed E-state index contributed by atoms with van der Waals surface area (Å²) in [5.41, 5.74) is 11.9. The monoisotopic (exact) mass is 732 g/mol. The number of nitrogens with one attached hydrogen (secondary N) is 1. The number of hydrogen-bond donors (Lipinski definition) is 1. The van der Waals surface area contributed by atoms with Crippen molar-refractivity contribution >= 4 is 77.4 Å². The largest absolute Gasteiger partial charge is 0.456 e. The summed E-state index contributed by atoms with van der Waals surface area (Å²) in [5, 5.41) is 10.4. The molecule has 11 aromatic rings. The van der Waals surface area contributed by atoms with Gasteiger partial charge >= 0.3 is 0 Å². The van der Waals surface area contributed by atoms with Crippen LogP contribution < -0.4 is 5.32 Å². The van der Waals surface area contributed by atoms with Gasteiger partial charge in [0, 0.05) is 60.8 Å². The number of amidine groups is 2. The molecule has 6 heteroatoms. The maximum atomic E-state index is 6.65. The summed E-state index contributed by atoms with van der Waals surface area (Å²) in [7, 11) is 0. The smallest absolute Gasteiger partial charge is 0.159 e. The van der Waals surface area contributed by atoms with Crippen molar-refractivity contribution in [1.29, 1.82) is 0 Å². The molecular weight excluding hydrogens is 701 g/mol. The van der Waals surface area contributed by atoms with Gasteiger partial charge in [-0.2, -0.15) is 0 Å². The predicted octanol–water partition coefficient (Wildman–Crippen LogP) is 12.7. The molecule has 0 fully saturated rings. The summed E-state index contributed by atoms with van der Waals surface area (Å²) in [4.78, 5) is 10.2. The molecule has 57 heavy (non-hydrogen) atoms. The van der Waals surface area contributed by atoms with Gasteiger partial charge in [-0.15, -0.1) is 0 Å². The molecule has 12 rings (SSSR count). The van der Waals surface area contributed by atoms with Crippen LogP contribution in [0, 0.1) is 0 Å². The van der Waals surface area contributed by atoms with E-state index >= 15 is 0 Å². The number of rotatable bonds is 5. The van der Waals surface area contributed by atoms with Crippen molar-refractivity contribution in [3.63, 3.8) is 0 Å². The Morgan fingerprint density at radius 1 is 0.439 bits per heavy atom. The standard InChI is InChI=1S/C51H32N4O2/c1-3-12-31(13-4-1)49-52-50(32-14-5-2-6-15-32)54-51(53-49)40-18-11-21-45-48(40)41-28-33(23-27-44(41)56-45)34-22-25-38-39-26-24-35(30-47(39)57-46(38)29-34)55-42-19-9-7-16-36(42)37-17-8-10-20-43(37)55/h1-30,51H,(H,52,53,54). The Morgan fingerprint density at radius 3 is 1.84 bits per heavy atom. The Labute approximate surface area is 326 Å². The Kier molecular flexibility index (Phi) is 6.89. The van der Waals surface area contributed by atoms with Crippen LogP contribution in [0.4, 0.5) is 0 Å². The van der Waals surface area contributed by atoms with Crippen molar-refractivity contribution in [1.82, 2.24) is 9.88 Å². The highest BCUT2D eigenvalue weighted by Gasteiger charge is 2.25. The molecule has 0 spiro atoms. The minimum atomic E-state index is -0.389. The fourth-order valence-electron chi connectivity index (χ4n) is 8.62. The molecule has 3 aromatic heterocycles. The maximum absolute atomic E-state index is 6.65. The number of aromatic nitrogens is 1. The van der Waals surface area contributed by atoms with Crippen LogP contribution in [0.5, 0.6) is 0 Å². The van der Waals surface area contributed by atoms with Crippen LogP contribution in [0.25, 0.3) is 82.5 Å².